The first-order valence-corrected chi connectivity index (χ1v) is 10.9. The van der Waals surface area contributed by atoms with Crippen molar-refractivity contribution in [1.82, 2.24) is 4.90 Å². The fraction of sp³-hybridized carbons (Fsp3) is 0.444. The van der Waals surface area contributed by atoms with Crippen molar-refractivity contribution in [3.8, 4) is 12.3 Å². The summed E-state index contributed by atoms with van der Waals surface area (Å²) >= 11 is 0. The summed E-state index contributed by atoms with van der Waals surface area (Å²) in [5.74, 6) is 2.44. The van der Waals surface area contributed by atoms with Gasteiger partial charge in [-0.15, -0.1) is 6.42 Å². The van der Waals surface area contributed by atoms with Crippen molar-refractivity contribution < 1.29 is 14.3 Å². The molecule has 0 fully saturated rings. The lowest BCUT2D eigenvalue weighted by Gasteiger charge is -2.27. The maximum Gasteiger partial charge on any atom is 0.410 e. The van der Waals surface area contributed by atoms with Crippen molar-refractivity contribution in [2.75, 3.05) is 19.8 Å². The van der Waals surface area contributed by atoms with Crippen LogP contribution >= 0.6 is 0 Å². The number of hydrogen-bond donors (Lipinski definition) is 0. The van der Waals surface area contributed by atoms with E-state index in [0.717, 1.165) is 31.4 Å². The average molecular weight is 424 g/mol. The average Bonchev–Trinajstić information content (AvgIpc) is 2.74. The van der Waals surface area contributed by atoms with E-state index in [9.17, 15) is 4.79 Å². The van der Waals surface area contributed by atoms with Crippen LogP contribution in [0, 0.1) is 12.3 Å². The van der Waals surface area contributed by atoms with Gasteiger partial charge in [0.25, 0.3) is 0 Å². The highest BCUT2D eigenvalue weighted by atomic mass is 16.6. The first-order chi connectivity index (χ1) is 14.9. The van der Waals surface area contributed by atoms with Gasteiger partial charge in [-0.1, -0.05) is 73.5 Å². The van der Waals surface area contributed by atoms with Gasteiger partial charge in [0.1, 0.15) is 12.2 Å². The Kier molecular flexibility index (Phi) is 12.8. The van der Waals surface area contributed by atoms with Gasteiger partial charge in [-0.3, -0.25) is 0 Å². The number of rotatable bonds is 9. The number of hydrogen-bond acceptors (Lipinski definition) is 3. The molecule has 0 atom stereocenters. The largest absolute Gasteiger partial charge is 0.444 e. The zero-order valence-corrected chi connectivity index (χ0v) is 19.5. The van der Waals surface area contributed by atoms with Gasteiger partial charge in [0.05, 0.1) is 0 Å². The number of amides is 1. The standard InChI is InChI=1S/C15H23NO2.C12H14O/c1-5-11-16(14(17)18-15(2,3)4)12-13-9-7-6-8-10-13;1-2-10-13-11-6-9-12-7-4-3-5-8-12/h6-10H,5,11-12H2,1-4H3;1,3-5,7-8H,6,9-11H2. The molecule has 0 aliphatic rings. The van der Waals surface area contributed by atoms with E-state index in [-0.39, 0.29) is 6.09 Å². The summed E-state index contributed by atoms with van der Waals surface area (Å²) in [5.41, 5.74) is 2.03. The van der Waals surface area contributed by atoms with Crippen LogP contribution in [-0.2, 0) is 22.4 Å². The van der Waals surface area contributed by atoms with Crippen LogP contribution < -0.4 is 0 Å². The van der Waals surface area contributed by atoms with Gasteiger partial charge in [0, 0.05) is 19.7 Å². The van der Waals surface area contributed by atoms with E-state index in [1.165, 1.54) is 5.56 Å². The Bertz CT molecular complexity index is 761. The second-order valence-electron chi connectivity index (χ2n) is 8.23. The summed E-state index contributed by atoms with van der Waals surface area (Å²) in [7, 11) is 0. The molecular formula is C27H37NO3. The predicted molar refractivity (Wildman–Crippen MR) is 128 cm³/mol. The summed E-state index contributed by atoms with van der Waals surface area (Å²) in [6, 6.07) is 20.4. The lowest BCUT2D eigenvalue weighted by Crippen LogP contribution is -2.36. The number of nitrogens with zero attached hydrogens (tertiary/aromatic N) is 1. The Morgan fingerprint density at radius 3 is 2.10 bits per heavy atom. The van der Waals surface area contributed by atoms with Crippen molar-refractivity contribution in [1.29, 1.82) is 0 Å². The highest BCUT2D eigenvalue weighted by molar-refractivity contribution is 5.68. The minimum absolute atomic E-state index is 0.242. The molecule has 0 saturated heterocycles. The van der Waals surface area contributed by atoms with Crippen molar-refractivity contribution in [3.05, 3.63) is 71.8 Å². The van der Waals surface area contributed by atoms with Crippen LogP contribution in [0.15, 0.2) is 60.7 Å². The molecule has 4 heteroatoms. The predicted octanol–water partition coefficient (Wildman–Crippen LogP) is 6.10. The molecule has 0 radical (unpaired) electrons. The molecule has 0 aliphatic heterocycles. The van der Waals surface area contributed by atoms with Gasteiger partial charge in [-0.2, -0.15) is 0 Å². The minimum atomic E-state index is -0.445. The molecule has 0 heterocycles. The third-order valence-corrected chi connectivity index (χ3v) is 4.14. The smallest absolute Gasteiger partial charge is 0.410 e. The maximum absolute atomic E-state index is 12.1. The van der Waals surface area contributed by atoms with E-state index in [4.69, 9.17) is 15.9 Å². The molecule has 0 unspecified atom stereocenters. The molecule has 4 nitrogen and oxygen atoms in total. The van der Waals surface area contributed by atoms with E-state index >= 15 is 0 Å². The van der Waals surface area contributed by atoms with E-state index in [2.05, 4.69) is 37.1 Å². The van der Waals surface area contributed by atoms with Crippen molar-refractivity contribution in [3.63, 3.8) is 0 Å². The van der Waals surface area contributed by atoms with Gasteiger partial charge < -0.3 is 14.4 Å². The minimum Gasteiger partial charge on any atom is -0.444 e. The molecule has 0 aliphatic carbocycles. The molecule has 31 heavy (non-hydrogen) atoms. The monoisotopic (exact) mass is 423 g/mol. The Balaban J connectivity index is 0.000000327. The van der Waals surface area contributed by atoms with Crippen molar-refractivity contribution in [2.45, 2.75) is 59.1 Å². The summed E-state index contributed by atoms with van der Waals surface area (Å²) in [6.07, 6.45) is 7.82. The molecule has 0 bridgehead atoms. The van der Waals surface area contributed by atoms with Crippen LogP contribution in [0.25, 0.3) is 0 Å². The lowest BCUT2D eigenvalue weighted by molar-refractivity contribution is 0.0233. The SMILES string of the molecule is C#CCOCCCc1ccccc1.CCCN(Cc1ccccc1)C(=O)OC(C)(C)C. The molecule has 0 aromatic heterocycles. The summed E-state index contributed by atoms with van der Waals surface area (Å²) < 4.78 is 10.6. The molecule has 2 aromatic rings. The van der Waals surface area contributed by atoms with Crippen LogP contribution in [0.4, 0.5) is 4.79 Å². The molecule has 2 rings (SSSR count). The van der Waals surface area contributed by atoms with Gasteiger partial charge >= 0.3 is 6.09 Å². The Morgan fingerprint density at radius 1 is 1.00 bits per heavy atom. The van der Waals surface area contributed by atoms with Crippen molar-refractivity contribution >= 4 is 6.09 Å². The molecule has 0 spiro atoms. The molecule has 2 aromatic carbocycles. The Morgan fingerprint density at radius 2 is 1.58 bits per heavy atom. The molecule has 0 N–H and O–H groups in total. The second kappa shape index (κ2) is 15.1. The van der Waals surface area contributed by atoms with Gasteiger partial charge in [0.2, 0.25) is 0 Å². The number of carbonyl (C=O) groups is 1. The van der Waals surface area contributed by atoms with E-state index < -0.39 is 5.60 Å². The van der Waals surface area contributed by atoms with Crippen LogP contribution in [0.5, 0.6) is 0 Å². The van der Waals surface area contributed by atoms with Crippen LogP contribution in [0.2, 0.25) is 0 Å². The lowest BCUT2D eigenvalue weighted by atomic mass is 10.1. The second-order valence-corrected chi connectivity index (χ2v) is 8.23. The van der Waals surface area contributed by atoms with E-state index in [0.29, 0.717) is 19.7 Å². The number of aryl methyl sites for hydroxylation is 1. The third kappa shape index (κ3) is 13.2. The third-order valence-electron chi connectivity index (χ3n) is 4.14. The van der Waals surface area contributed by atoms with E-state index in [1.807, 2.05) is 57.2 Å². The number of benzene rings is 2. The highest BCUT2D eigenvalue weighted by Crippen LogP contribution is 2.13. The molecule has 168 valence electrons. The summed E-state index contributed by atoms with van der Waals surface area (Å²) in [5, 5.41) is 0. The zero-order valence-electron chi connectivity index (χ0n) is 19.5. The Hall–Kier alpha value is -2.77. The fourth-order valence-corrected chi connectivity index (χ4v) is 2.79. The van der Waals surface area contributed by atoms with Crippen molar-refractivity contribution in [2.24, 2.45) is 0 Å². The number of terminal acetylenes is 1. The maximum atomic E-state index is 12.1. The topological polar surface area (TPSA) is 38.8 Å². The van der Waals surface area contributed by atoms with Crippen LogP contribution in [-0.4, -0.2) is 36.4 Å². The van der Waals surface area contributed by atoms with Crippen LogP contribution in [0.3, 0.4) is 0 Å². The molecule has 1 amide bonds. The quantitative estimate of drug-likeness (QED) is 0.361. The van der Waals surface area contributed by atoms with Gasteiger partial charge in [-0.05, 0) is 51.2 Å². The number of carbonyl (C=O) groups excluding carboxylic acids is 1. The van der Waals surface area contributed by atoms with E-state index in [1.54, 1.807) is 4.90 Å². The molecular weight excluding hydrogens is 386 g/mol. The summed E-state index contributed by atoms with van der Waals surface area (Å²) in [6.45, 7) is 10.2. The first kappa shape index (κ1) is 26.3. The molecule has 0 saturated carbocycles. The zero-order chi connectivity index (χ0) is 23.0. The van der Waals surface area contributed by atoms with Gasteiger partial charge in [0.15, 0.2) is 0 Å². The summed E-state index contributed by atoms with van der Waals surface area (Å²) in [4.78, 5) is 13.8. The Labute approximate surface area is 188 Å². The normalized spacial score (nSPS) is 10.4. The number of ether oxygens (including phenoxy) is 2. The first-order valence-electron chi connectivity index (χ1n) is 10.9. The van der Waals surface area contributed by atoms with Crippen LogP contribution in [0.1, 0.15) is 51.7 Å². The fourth-order valence-electron chi connectivity index (χ4n) is 2.79. The van der Waals surface area contributed by atoms with Gasteiger partial charge in [-0.25, -0.2) is 4.79 Å². The highest BCUT2D eigenvalue weighted by Gasteiger charge is 2.21.